The largest absolute Gasteiger partial charge is 0.316 e. The number of rotatable bonds is 4. The molecule has 4 nitrogen and oxygen atoms in total. The standard InChI is InChI=1S/C18H14N2O2S2/c21-24(22,18-9-4-12-23-18)19-15-6-3-7-16(13-15)20-11-10-14-5-1-2-8-17(14)20/h1-13,19H. The van der Waals surface area contributed by atoms with Gasteiger partial charge in [-0.3, -0.25) is 4.72 Å². The number of anilines is 1. The fourth-order valence-corrected chi connectivity index (χ4v) is 4.69. The van der Waals surface area contributed by atoms with Crippen LogP contribution in [0.25, 0.3) is 16.6 Å². The van der Waals surface area contributed by atoms with Gasteiger partial charge in [-0.15, -0.1) is 11.3 Å². The molecule has 0 saturated heterocycles. The van der Waals surface area contributed by atoms with E-state index in [9.17, 15) is 8.42 Å². The van der Waals surface area contributed by atoms with Gasteiger partial charge in [0.1, 0.15) is 4.21 Å². The molecule has 4 rings (SSSR count). The molecule has 2 heterocycles. The van der Waals surface area contributed by atoms with E-state index in [4.69, 9.17) is 0 Å². The van der Waals surface area contributed by atoms with Crippen LogP contribution in [-0.2, 0) is 10.0 Å². The van der Waals surface area contributed by atoms with Gasteiger partial charge in [0.15, 0.2) is 0 Å². The van der Waals surface area contributed by atoms with Crippen molar-refractivity contribution >= 4 is 38.0 Å². The Kier molecular flexibility index (Phi) is 3.63. The van der Waals surface area contributed by atoms with Crippen molar-refractivity contribution in [2.24, 2.45) is 0 Å². The highest BCUT2D eigenvalue weighted by atomic mass is 32.2. The Hall–Kier alpha value is -2.57. The Morgan fingerprint density at radius 2 is 1.79 bits per heavy atom. The second-order valence-electron chi connectivity index (χ2n) is 5.33. The first kappa shape index (κ1) is 15.0. The highest BCUT2D eigenvalue weighted by Crippen LogP contribution is 2.24. The molecular weight excluding hydrogens is 340 g/mol. The van der Waals surface area contributed by atoms with E-state index < -0.39 is 10.0 Å². The van der Waals surface area contributed by atoms with Gasteiger partial charge in [-0.25, -0.2) is 8.42 Å². The zero-order valence-corrected chi connectivity index (χ0v) is 14.2. The normalized spacial score (nSPS) is 11.7. The van der Waals surface area contributed by atoms with E-state index in [0.717, 1.165) is 16.6 Å². The Morgan fingerprint density at radius 1 is 0.917 bits per heavy atom. The molecule has 4 aromatic rings. The summed E-state index contributed by atoms with van der Waals surface area (Å²) >= 11 is 1.20. The van der Waals surface area contributed by atoms with Crippen LogP contribution in [0.1, 0.15) is 0 Å². The molecular formula is C18H14N2O2S2. The summed E-state index contributed by atoms with van der Waals surface area (Å²) in [4.78, 5) is 0. The minimum atomic E-state index is -3.54. The zero-order valence-electron chi connectivity index (χ0n) is 12.6. The number of aromatic nitrogens is 1. The Bertz CT molecular complexity index is 1100. The summed E-state index contributed by atoms with van der Waals surface area (Å²) in [6.07, 6.45) is 1.98. The summed E-state index contributed by atoms with van der Waals surface area (Å²) < 4.78 is 29.7. The molecule has 0 amide bonds. The molecule has 0 aliphatic carbocycles. The highest BCUT2D eigenvalue weighted by molar-refractivity contribution is 7.94. The number of hydrogen-bond donors (Lipinski definition) is 1. The Labute approximate surface area is 144 Å². The lowest BCUT2D eigenvalue weighted by Crippen LogP contribution is -2.11. The zero-order chi connectivity index (χ0) is 16.6. The number of nitrogens with one attached hydrogen (secondary N) is 1. The van der Waals surface area contributed by atoms with Gasteiger partial charge in [-0.2, -0.15) is 0 Å². The molecule has 24 heavy (non-hydrogen) atoms. The van der Waals surface area contributed by atoms with Crippen LogP contribution in [-0.4, -0.2) is 13.0 Å². The van der Waals surface area contributed by atoms with Crippen LogP contribution in [0.3, 0.4) is 0 Å². The van der Waals surface area contributed by atoms with E-state index in [1.54, 1.807) is 23.6 Å². The minimum absolute atomic E-state index is 0.305. The summed E-state index contributed by atoms with van der Waals surface area (Å²) in [5.41, 5.74) is 2.53. The van der Waals surface area contributed by atoms with Crippen LogP contribution < -0.4 is 4.72 Å². The molecule has 1 N–H and O–H groups in total. The molecule has 0 radical (unpaired) electrons. The summed E-state index contributed by atoms with van der Waals surface area (Å²) in [6, 6.07) is 20.8. The summed E-state index contributed by atoms with van der Waals surface area (Å²) in [6.45, 7) is 0. The van der Waals surface area contributed by atoms with Crippen LogP contribution >= 0.6 is 11.3 Å². The summed E-state index contributed by atoms with van der Waals surface area (Å²) in [5.74, 6) is 0. The van der Waals surface area contributed by atoms with Crippen LogP contribution in [0.5, 0.6) is 0 Å². The lowest BCUT2D eigenvalue weighted by molar-refractivity contribution is 0.603. The first-order valence-electron chi connectivity index (χ1n) is 7.36. The number of thiophene rings is 1. The fraction of sp³-hybridized carbons (Fsp3) is 0. The van der Waals surface area contributed by atoms with E-state index in [-0.39, 0.29) is 0 Å². The molecule has 0 spiro atoms. The average Bonchev–Trinajstić information content (AvgIpc) is 3.25. The van der Waals surface area contributed by atoms with Crippen LogP contribution in [0.2, 0.25) is 0 Å². The van der Waals surface area contributed by atoms with Gasteiger partial charge in [-0.1, -0.05) is 30.3 Å². The summed E-state index contributed by atoms with van der Waals surface area (Å²) in [7, 11) is -3.54. The summed E-state index contributed by atoms with van der Waals surface area (Å²) in [5, 5.41) is 2.89. The Morgan fingerprint density at radius 3 is 2.62 bits per heavy atom. The maximum atomic E-state index is 12.4. The van der Waals surface area contributed by atoms with E-state index >= 15 is 0 Å². The number of hydrogen-bond acceptors (Lipinski definition) is 3. The maximum Gasteiger partial charge on any atom is 0.271 e. The second-order valence-corrected chi connectivity index (χ2v) is 8.19. The molecule has 0 fully saturated rings. The predicted octanol–water partition coefficient (Wildman–Crippen LogP) is 4.49. The topological polar surface area (TPSA) is 51.1 Å². The molecule has 2 aromatic carbocycles. The highest BCUT2D eigenvalue weighted by Gasteiger charge is 2.15. The smallest absolute Gasteiger partial charge is 0.271 e. The van der Waals surface area contributed by atoms with Gasteiger partial charge in [0.05, 0.1) is 11.2 Å². The van der Waals surface area contributed by atoms with Gasteiger partial charge >= 0.3 is 0 Å². The third-order valence-electron chi connectivity index (χ3n) is 3.74. The van der Waals surface area contributed by atoms with Crippen molar-refractivity contribution in [1.29, 1.82) is 0 Å². The lowest BCUT2D eigenvalue weighted by Gasteiger charge is -2.10. The van der Waals surface area contributed by atoms with Crippen molar-refractivity contribution in [2.75, 3.05) is 4.72 Å². The molecule has 2 aromatic heterocycles. The first-order valence-corrected chi connectivity index (χ1v) is 9.73. The molecule has 120 valence electrons. The van der Waals surface area contributed by atoms with Crippen molar-refractivity contribution < 1.29 is 8.42 Å². The van der Waals surface area contributed by atoms with Gasteiger partial charge in [0, 0.05) is 11.9 Å². The molecule has 0 unspecified atom stereocenters. The van der Waals surface area contributed by atoms with Crippen LogP contribution in [0.4, 0.5) is 5.69 Å². The van der Waals surface area contributed by atoms with Crippen molar-refractivity contribution in [3.63, 3.8) is 0 Å². The van der Waals surface area contributed by atoms with Crippen molar-refractivity contribution in [2.45, 2.75) is 4.21 Å². The molecule has 0 atom stereocenters. The number of benzene rings is 2. The second kappa shape index (κ2) is 5.81. The van der Waals surface area contributed by atoms with Crippen LogP contribution in [0.15, 0.2) is 82.5 Å². The van der Waals surface area contributed by atoms with Crippen molar-refractivity contribution in [3.8, 4) is 5.69 Å². The maximum absolute atomic E-state index is 12.4. The van der Waals surface area contributed by atoms with Crippen molar-refractivity contribution in [3.05, 3.63) is 78.3 Å². The van der Waals surface area contributed by atoms with Gasteiger partial charge in [0.25, 0.3) is 10.0 Å². The van der Waals surface area contributed by atoms with E-state index in [2.05, 4.69) is 10.8 Å². The molecule has 6 heteroatoms. The van der Waals surface area contributed by atoms with Gasteiger partial charge in [-0.05, 0) is 47.2 Å². The first-order chi connectivity index (χ1) is 11.6. The van der Waals surface area contributed by atoms with E-state index in [1.165, 1.54) is 11.3 Å². The quantitative estimate of drug-likeness (QED) is 0.587. The number of nitrogens with zero attached hydrogens (tertiary/aromatic N) is 1. The van der Waals surface area contributed by atoms with Crippen LogP contribution in [0, 0.1) is 0 Å². The lowest BCUT2D eigenvalue weighted by atomic mass is 10.2. The molecule has 0 aliphatic rings. The number of fused-ring (bicyclic) bond motifs is 1. The van der Waals surface area contributed by atoms with Gasteiger partial charge in [0.2, 0.25) is 0 Å². The predicted molar refractivity (Wildman–Crippen MR) is 98.4 cm³/mol. The van der Waals surface area contributed by atoms with Gasteiger partial charge < -0.3 is 4.57 Å². The molecule has 0 saturated carbocycles. The SMILES string of the molecule is O=S(=O)(Nc1cccc(-n2ccc3ccccc32)c1)c1cccs1. The third-order valence-corrected chi connectivity index (χ3v) is 6.51. The van der Waals surface area contributed by atoms with E-state index in [1.807, 2.05) is 53.2 Å². The number of sulfonamides is 1. The fourth-order valence-electron chi connectivity index (χ4n) is 2.65. The Balaban J connectivity index is 1.72. The minimum Gasteiger partial charge on any atom is -0.316 e. The van der Waals surface area contributed by atoms with Crippen molar-refractivity contribution in [1.82, 2.24) is 4.57 Å². The molecule has 0 bridgehead atoms. The third kappa shape index (κ3) is 2.70. The monoisotopic (exact) mass is 354 g/mol. The number of para-hydroxylation sites is 1. The molecule has 0 aliphatic heterocycles. The average molecular weight is 354 g/mol. The van der Waals surface area contributed by atoms with E-state index in [0.29, 0.717) is 9.90 Å².